The van der Waals surface area contributed by atoms with Crippen molar-refractivity contribution in [3.05, 3.63) is 58.6 Å². The van der Waals surface area contributed by atoms with Gasteiger partial charge >= 0.3 is 5.97 Å². The highest BCUT2D eigenvalue weighted by Gasteiger charge is 2.36. The highest BCUT2D eigenvalue weighted by molar-refractivity contribution is 6.31. The Bertz CT molecular complexity index is 1160. The molecule has 1 saturated heterocycles. The number of carboxylic acid groups (broad SMARTS) is 1. The number of hydrogen-bond donors (Lipinski definition) is 1. The highest BCUT2D eigenvalue weighted by Crippen LogP contribution is 2.39. The van der Waals surface area contributed by atoms with Gasteiger partial charge in [-0.05, 0) is 74.9 Å². The van der Waals surface area contributed by atoms with Crippen LogP contribution in [0.15, 0.2) is 47.0 Å². The van der Waals surface area contributed by atoms with E-state index in [4.69, 9.17) is 16.1 Å². The van der Waals surface area contributed by atoms with Gasteiger partial charge in [0.05, 0.1) is 5.41 Å². The summed E-state index contributed by atoms with van der Waals surface area (Å²) in [5.41, 5.74) is 3.53. The van der Waals surface area contributed by atoms with Gasteiger partial charge in [-0.1, -0.05) is 59.9 Å². The Kier molecular flexibility index (Phi) is 6.45. The number of aromatic nitrogens is 2. The minimum atomic E-state index is -0.692. The van der Waals surface area contributed by atoms with E-state index in [0.717, 1.165) is 35.8 Å². The summed E-state index contributed by atoms with van der Waals surface area (Å²) in [6.07, 6.45) is 6.32. The summed E-state index contributed by atoms with van der Waals surface area (Å²) in [6, 6.07) is 14.2. The minimum Gasteiger partial charge on any atom is -0.481 e. The summed E-state index contributed by atoms with van der Waals surface area (Å²) in [5.74, 6) is 0.884. The van der Waals surface area contributed by atoms with Crippen LogP contribution in [0.4, 0.5) is 0 Å². The third-order valence-electron chi connectivity index (χ3n) is 7.56. The molecule has 0 atom stereocenters. The Morgan fingerprint density at radius 3 is 2.44 bits per heavy atom. The fourth-order valence-electron chi connectivity index (χ4n) is 5.12. The first-order valence-electron chi connectivity index (χ1n) is 12.1. The fraction of sp³-hybridized carbons (Fsp3) is 0.444. The Labute approximate surface area is 204 Å². The van der Waals surface area contributed by atoms with Crippen molar-refractivity contribution in [2.45, 2.75) is 57.9 Å². The van der Waals surface area contributed by atoms with Crippen LogP contribution in [-0.2, 0) is 11.3 Å². The molecule has 0 spiro atoms. The summed E-state index contributed by atoms with van der Waals surface area (Å²) in [4.78, 5) is 18.4. The van der Waals surface area contributed by atoms with E-state index >= 15 is 0 Å². The van der Waals surface area contributed by atoms with Crippen molar-refractivity contribution in [1.82, 2.24) is 15.0 Å². The first kappa shape index (κ1) is 23.1. The third-order valence-corrected chi connectivity index (χ3v) is 7.89. The van der Waals surface area contributed by atoms with Crippen molar-refractivity contribution in [2.75, 3.05) is 13.1 Å². The van der Waals surface area contributed by atoms with E-state index < -0.39 is 11.4 Å². The van der Waals surface area contributed by atoms with E-state index in [2.05, 4.69) is 33.2 Å². The van der Waals surface area contributed by atoms with Crippen LogP contribution in [0.5, 0.6) is 0 Å². The maximum Gasteiger partial charge on any atom is 0.309 e. The van der Waals surface area contributed by atoms with Crippen LogP contribution in [-0.4, -0.2) is 39.2 Å². The molecule has 1 aliphatic carbocycles. The Balaban J connectivity index is 1.23. The number of aliphatic carboxylic acids is 1. The van der Waals surface area contributed by atoms with E-state index in [1.165, 1.54) is 36.8 Å². The zero-order valence-corrected chi connectivity index (χ0v) is 20.2. The number of likely N-dealkylation sites (tertiary alicyclic amines) is 1. The van der Waals surface area contributed by atoms with Crippen LogP contribution in [0.2, 0.25) is 5.02 Å². The molecule has 2 heterocycles. The van der Waals surface area contributed by atoms with Gasteiger partial charge in [-0.25, -0.2) is 0 Å². The standard InChI is InChI=1S/C27H30ClN3O3/c1-27(26(32)33)12-14-31(15-13-27)17-18-6-8-20(9-7-18)24-29-25(34-30-24)21-10-11-22(23(28)16-21)19-4-2-3-5-19/h6-11,16,19H,2-5,12-15,17H2,1H3,(H,32,33). The monoisotopic (exact) mass is 479 g/mol. The van der Waals surface area contributed by atoms with E-state index in [1.54, 1.807) is 0 Å². The Hall–Kier alpha value is -2.70. The van der Waals surface area contributed by atoms with Gasteiger partial charge in [0.1, 0.15) is 0 Å². The molecule has 2 fully saturated rings. The van der Waals surface area contributed by atoms with Crippen molar-refractivity contribution < 1.29 is 14.4 Å². The molecule has 3 aromatic rings. The second kappa shape index (κ2) is 9.51. The minimum absolute atomic E-state index is 0.466. The molecule has 2 aliphatic rings. The molecule has 0 amide bonds. The van der Waals surface area contributed by atoms with Crippen LogP contribution >= 0.6 is 11.6 Å². The third kappa shape index (κ3) is 4.75. The van der Waals surface area contributed by atoms with Crippen molar-refractivity contribution in [3.8, 4) is 22.8 Å². The molecule has 0 radical (unpaired) electrons. The second-order valence-electron chi connectivity index (χ2n) is 9.98. The van der Waals surface area contributed by atoms with Gasteiger partial charge in [-0.15, -0.1) is 0 Å². The lowest BCUT2D eigenvalue weighted by molar-refractivity contribution is -0.150. The average Bonchev–Trinajstić information content (AvgIpc) is 3.54. The van der Waals surface area contributed by atoms with E-state index in [0.29, 0.717) is 30.5 Å². The van der Waals surface area contributed by atoms with E-state index in [-0.39, 0.29) is 0 Å². The van der Waals surface area contributed by atoms with Crippen molar-refractivity contribution in [1.29, 1.82) is 0 Å². The number of carbonyl (C=O) groups is 1. The van der Waals surface area contributed by atoms with Crippen molar-refractivity contribution >= 4 is 17.6 Å². The lowest BCUT2D eigenvalue weighted by atomic mass is 9.80. The molecule has 0 unspecified atom stereocenters. The molecule has 2 aromatic carbocycles. The Morgan fingerprint density at radius 2 is 1.79 bits per heavy atom. The molecule has 1 N–H and O–H groups in total. The molecule has 1 aromatic heterocycles. The largest absolute Gasteiger partial charge is 0.481 e. The first-order chi connectivity index (χ1) is 16.4. The predicted molar refractivity (Wildman–Crippen MR) is 132 cm³/mol. The fourth-order valence-corrected chi connectivity index (χ4v) is 5.46. The molecule has 0 bridgehead atoms. The van der Waals surface area contributed by atoms with Gasteiger partial charge in [-0.2, -0.15) is 4.98 Å². The molecule has 5 rings (SSSR count). The highest BCUT2D eigenvalue weighted by atomic mass is 35.5. The number of piperidine rings is 1. The molecule has 178 valence electrons. The predicted octanol–water partition coefficient (Wildman–Crippen LogP) is 6.40. The zero-order chi connectivity index (χ0) is 23.7. The van der Waals surface area contributed by atoms with Gasteiger partial charge in [0.15, 0.2) is 0 Å². The average molecular weight is 480 g/mol. The summed E-state index contributed by atoms with van der Waals surface area (Å²) in [7, 11) is 0. The topological polar surface area (TPSA) is 79.5 Å². The van der Waals surface area contributed by atoms with Gasteiger partial charge in [0.2, 0.25) is 5.82 Å². The van der Waals surface area contributed by atoms with Gasteiger partial charge in [0.25, 0.3) is 5.89 Å². The molecular formula is C27H30ClN3O3. The van der Waals surface area contributed by atoms with E-state index in [9.17, 15) is 9.90 Å². The summed E-state index contributed by atoms with van der Waals surface area (Å²) < 4.78 is 5.54. The van der Waals surface area contributed by atoms with Crippen LogP contribution in [0.1, 0.15) is 62.5 Å². The lowest BCUT2D eigenvalue weighted by Gasteiger charge is -2.36. The van der Waals surface area contributed by atoms with Gasteiger partial charge in [-0.3, -0.25) is 9.69 Å². The van der Waals surface area contributed by atoms with Crippen LogP contribution in [0, 0.1) is 5.41 Å². The van der Waals surface area contributed by atoms with Crippen LogP contribution < -0.4 is 0 Å². The molecule has 1 aliphatic heterocycles. The summed E-state index contributed by atoms with van der Waals surface area (Å²) in [5, 5.41) is 14.4. The number of hydrogen-bond acceptors (Lipinski definition) is 5. The smallest absolute Gasteiger partial charge is 0.309 e. The van der Waals surface area contributed by atoms with Gasteiger partial charge < -0.3 is 9.63 Å². The Morgan fingerprint density at radius 1 is 1.12 bits per heavy atom. The molecule has 1 saturated carbocycles. The molecule has 6 nitrogen and oxygen atoms in total. The zero-order valence-electron chi connectivity index (χ0n) is 19.5. The summed E-state index contributed by atoms with van der Waals surface area (Å²) >= 11 is 6.59. The van der Waals surface area contributed by atoms with Crippen molar-refractivity contribution in [2.24, 2.45) is 5.41 Å². The van der Waals surface area contributed by atoms with E-state index in [1.807, 2.05) is 31.2 Å². The number of rotatable bonds is 6. The van der Waals surface area contributed by atoms with Crippen LogP contribution in [0.25, 0.3) is 22.8 Å². The lowest BCUT2D eigenvalue weighted by Crippen LogP contribution is -2.42. The quantitative estimate of drug-likeness (QED) is 0.440. The molecule has 7 heteroatoms. The van der Waals surface area contributed by atoms with Gasteiger partial charge in [0, 0.05) is 22.7 Å². The SMILES string of the molecule is CC1(C(=O)O)CCN(Cc2ccc(-c3noc(-c4ccc(C5CCCC5)c(Cl)c4)n3)cc2)CC1. The first-order valence-corrected chi connectivity index (χ1v) is 12.5. The number of carboxylic acids is 1. The molecule has 34 heavy (non-hydrogen) atoms. The number of nitrogens with zero attached hydrogens (tertiary/aromatic N) is 3. The second-order valence-corrected chi connectivity index (χ2v) is 10.4. The number of benzene rings is 2. The molecular weight excluding hydrogens is 450 g/mol. The maximum absolute atomic E-state index is 11.4. The summed E-state index contributed by atoms with van der Waals surface area (Å²) in [6.45, 7) is 4.24. The van der Waals surface area contributed by atoms with Crippen molar-refractivity contribution in [3.63, 3.8) is 0 Å². The number of halogens is 1. The maximum atomic E-state index is 11.4. The normalized spacial score (nSPS) is 18.9. The van der Waals surface area contributed by atoms with Crippen LogP contribution in [0.3, 0.4) is 0 Å².